The number of anilines is 1. The SMILES string of the molecule is CC1Cc2ccccc2N1Cc1occc1C(=O)N1CCC(C(=O)N2CCCC2)CC1. The predicted octanol–water partition coefficient (Wildman–Crippen LogP) is 3.71. The van der Waals surface area contributed by atoms with E-state index < -0.39 is 0 Å². The summed E-state index contributed by atoms with van der Waals surface area (Å²) in [6.45, 7) is 5.87. The minimum absolute atomic E-state index is 0.0240. The lowest BCUT2D eigenvalue weighted by Gasteiger charge is -2.33. The van der Waals surface area contributed by atoms with E-state index in [1.54, 1.807) is 12.3 Å². The molecule has 0 aliphatic carbocycles. The topological polar surface area (TPSA) is 57.0 Å². The van der Waals surface area contributed by atoms with Crippen LogP contribution in [-0.4, -0.2) is 53.8 Å². The van der Waals surface area contributed by atoms with Crippen LogP contribution in [0.5, 0.6) is 0 Å². The number of amides is 2. The van der Waals surface area contributed by atoms with Gasteiger partial charge >= 0.3 is 0 Å². The van der Waals surface area contributed by atoms with Gasteiger partial charge in [0.1, 0.15) is 5.76 Å². The summed E-state index contributed by atoms with van der Waals surface area (Å²) in [7, 11) is 0. The van der Waals surface area contributed by atoms with Crippen molar-refractivity contribution in [3.05, 3.63) is 53.5 Å². The van der Waals surface area contributed by atoms with Gasteiger partial charge in [-0.25, -0.2) is 0 Å². The minimum atomic E-state index is 0.0240. The number of likely N-dealkylation sites (tertiary alicyclic amines) is 2. The van der Waals surface area contributed by atoms with Crippen molar-refractivity contribution in [2.24, 2.45) is 5.92 Å². The molecule has 6 heteroatoms. The van der Waals surface area contributed by atoms with Crippen molar-refractivity contribution in [2.45, 2.75) is 51.6 Å². The third-order valence-electron chi connectivity index (χ3n) is 7.19. The summed E-state index contributed by atoms with van der Waals surface area (Å²) >= 11 is 0. The fraction of sp³-hybridized carbons (Fsp3) is 0.520. The molecule has 6 nitrogen and oxygen atoms in total. The Kier molecular flexibility index (Phi) is 5.47. The summed E-state index contributed by atoms with van der Waals surface area (Å²) in [5, 5.41) is 0. The largest absolute Gasteiger partial charge is 0.467 e. The summed E-state index contributed by atoms with van der Waals surface area (Å²) in [6, 6.07) is 10.6. The van der Waals surface area contributed by atoms with Gasteiger partial charge in [-0.3, -0.25) is 9.59 Å². The first-order valence-corrected chi connectivity index (χ1v) is 11.6. The Hall–Kier alpha value is -2.76. The second kappa shape index (κ2) is 8.40. The van der Waals surface area contributed by atoms with Crippen LogP contribution in [0.15, 0.2) is 41.0 Å². The lowest BCUT2D eigenvalue weighted by molar-refractivity contribution is -0.135. The molecule has 0 N–H and O–H groups in total. The Balaban J connectivity index is 1.24. The molecule has 0 radical (unpaired) electrons. The van der Waals surface area contributed by atoms with E-state index in [-0.39, 0.29) is 17.7 Å². The van der Waals surface area contributed by atoms with Gasteiger partial charge in [0, 0.05) is 43.8 Å². The highest BCUT2D eigenvalue weighted by Gasteiger charge is 2.33. The van der Waals surface area contributed by atoms with E-state index in [1.165, 1.54) is 11.3 Å². The van der Waals surface area contributed by atoms with Crippen LogP contribution in [-0.2, 0) is 17.8 Å². The molecule has 3 aliphatic heterocycles. The zero-order chi connectivity index (χ0) is 21.4. The number of piperidine rings is 1. The molecule has 1 aromatic carbocycles. The maximum atomic E-state index is 13.3. The monoisotopic (exact) mass is 421 g/mol. The Morgan fingerprint density at radius 1 is 1.00 bits per heavy atom. The molecule has 1 aromatic heterocycles. The van der Waals surface area contributed by atoms with Crippen molar-refractivity contribution in [1.82, 2.24) is 9.80 Å². The van der Waals surface area contributed by atoms with Gasteiger partial charge in [0.05, 0.1) is 18.4 Å². The molecular formula is C25H31N3O3. The van der Waals surface area contributed by atoms with E-state index in [2.05, 4.69) is 36.1 Å². The van der Waals surface area contributed by atoms with E-state index in [9.17, 15) is 9.59 Å². The molecule has 2 aromatic rings. The molecule has 3 aliphatic rings. The lowest BCUT2D eigenvalue weighted by Crippen LogP contribution is -2.44. The van der Waals surface area contributed by atoms with Crippen molar-refractivity contribution >= 4 is 17.5 Å². The maximum Gasteiger partial charge on any atom is 0.257 e. The van der Waals surface area contributed by atoms with Crippen LogP contribution in [0.2, 0.25) is 0 Å². The van der Waals surface area contributed by atoms with Gasteiger partial charge in [-0.05, 0) is 56.7 Å². The molecule has 2 fully saturated rings. The van der Waals surface area contributed by atoms with E-state index in [1.807, 2.05) is 9.80 Å². The molecule has 4 heterocycles. The van der Waals surface area contributed by atoms with Crippen LogP contribution < -0.4 is 4.90 Å². The number of para-hydroxylation sites is 1. The van der Waals surface area contributed by atoms with E-state index >= 15 is 0 Å². The molecule has 31 heavy (non-hydrogen) atoms. The van der Waals surface area contributed by atoms with Crippen LogP contribution in [0.3, 0.4) is 0 Å². The standard InChI is InChI=1S/C25H31N3O3/c1-18-16-20-6-2-3-7-22(20)28(18)17-23-21(10-15-31-23)25(30)27-13-8-19(9-14-27)24(29)26-11-4-5-12-26/h2-3,6-7,10,15,18-19H,4-5,8-9,11-14,16-17H2,1H3. The second-order valence-electron chi connectivity index (χ2n) is 9.17. The van der Waals surface area contributed by atoms with Crippen LogP contribution in [0, 0.1) is 5.92 Å². The molecule has 1 unspecified atom stereocenters. The first kappa shape index (κ1) is 20.2. The summed E-state index contributed by atoms with van der Waals surface area (Å²) in [4.78, 5) is 32.2. The van der Waals surface area contributed by atoms with Crippen molar-refractivity contribution < 1.29 is 14.0 Å². The van der Waals surface area contributed by atoms with Gasteiger partial charge in [-0.1, -0.05) is 18.2 Å². The average Bonchev–Trinajstić information content (AvgIpc) is 3.54. The number of rotatable bonds is 4. The van der Waals surface area contributed by atoms with Gasteiger partial charge in [0.2, 0.25) is 5.91 Å². The number of nitrogens with zero attached hydrogens (tertiary/aromatic N) is 3. The van der Waals surface area contributed by atoms with Gasteiger partial charge in [0.25, 0.3) is 5.91 Å². The number of carbonyl (C=O) groups is 2. The van der Waals surface area contributed by atoms with Crippen LogP contribution in [0.25, 0.3) is 0 Å². The van der Waals surface area contributed by atoms with Crippen molar-refractivity contribution in [3.8, 4) is 0 Å². The summed E-state index contributed by atoms with van der Waals surface area (Å²) in [6.07, 6.45) is 6.38. The van der Waals surface area contributed by atoms with E-state index in [0.717, 1.165) is 51.0 Å². The van der Waals surface area contributed by atoms with E-state index in [4.69, 9.17) is 4.42 Å². The Morgan fingerprint density at radius 3 is 2.52 bits per heavy atom. The molecule has 5 rings (SSSR count). The smallest absolute Gasteiger partial charge is 0.257 e. The number of furan rings is 1. The highest BCUT2D eigenvalue weighted by Crippen LogP contribution is 2.34. The Morgan fingerprint density at radius 2 is 1.74 bits per heavy atom. The molecule has 1 atom stereocenters. The van der Waals surface area contributed by atoms with Crippen LogP contribution in [0.4, 0.5) is 5.69 Å². The number of carbonyl (C=O) groups excluding carboxylic acids is 2. The van der Waals surface area contributed by atoms with Gasteiger partial charge in [0.15, 0.2) is 0 Å². The quantitative estimate of drug-likeness (QED) is 0.755. The Bertz CT molecular complexity index is 954. The minimum Gasteiger partial charge on any atom is -0.467 e. The molecule has 2 amide bonds. The first-order chi connectivity index (χ1) is 15.1. The van der Waals surface area contributed by atoms with Gasteiger partial charge in [-0.2, -0.15) is 0 Å². The van der Waals surface area contributed by atoms with Crippen molar-refractivity contribution in [3.63, 3.8) is 0 Å². The molecule has 0 bridgehead atoms. The summed E-state index contributed by atoms with van der Waals surface area (Å²) in [5.74, 6) is 1.10. The molecule has 0 saturated carbocycles. The highest BCUT2D eigenvalue weighted by atomic mass is 16.3. The fourth-order valence-corrected chi connectivity index (χ4v) is 5.37. The Labute approximate surface area is 183 Å². The summed E-state index contributed by atoms with van der Waals surface area (Å²) < 4.78 is 5.78. The number of fused-ring (bicyclic) bond motifs is 1. The molecule has 2 saturated heterocycles. The fourth-order valence-electron chi connectivity index (χ4n) is 5.37. The van der Waals surface area contributed by atoms with Crippen molar-refractivity contribution in [1.29, 1.82) is 0 Å². The average molecular weight is 422 g/mol. The normalized spacial score (nSPS) is 21.6. The van der Waals surface area contributed by atoms with Crippen LogP contribution >= 0.6 is 0 Å². The van der Waals surface area contributed by atoms with Crippen LogP contribution in [0.1, 0.15) is 54.3 Å². The lowest BCUT2D eigenvalue weighted by atomic mass is 9.95. The zero-order valence-electron chi connectivity index (χ0n) is 18.3. The van der Waals surface area contributed by atoms with Crippen molar-refractivity contribution in [2.75, 3.05) is 31.1 Å². The zero-order valence-corrected chi connectivity index (χ0v) is 18.3. The van der Waals surface area contributed by atoms with E-state index in [0.29, 0.717) is 31.2 Å². The predicted molar refractivity (Wildman–Crippen MR) is 119 cm³/mol. The third kappa shape index (κ3) is 3.84. The number of hydrogen-bond acceptors (Lipinski definition) is 4. The highest BCUT2D eigenvalue weighted by molar-refractivity contribution is 5.95. The maximum absolute atomic E-state index is 13.3. The summed E-state index contributed by atoms with van der Waals surface area (Å²) in [5.41, 5.74) is 3.23. The third-order valence-corrected chi connectivity index (χ3v) is 7.19. The number of benzene rings is 1. The number of hydrogen-bond donors (Lipinski definition) is 0. The second-order valence-corrected chi connectivity index (χ2v) is 9.17. The first-order valence-electron chi connectivity index (χ1n) is 11.6. The molecule has 164 valence electrons. The molecular weight excluding hydrogens is 390 g/mol. The molecule has 0 spiro atoms. The van der Waals surface area contributed by atoms with Gasteiger partial charge < -0.3 is 19.1 Å². The van der Waals surface area contributed by atoms with Gasteiger partial charge in [-0.15, -0.1) is 0 Å².